The van der Waals surface area contributed by atoms with Gasteiger partial charge in [-0.3, -0.25) is 0 Å². The minimum atomic E-state index is 0.156. The Labute approximate surface area is 195 Å². The third kappa shape index (κ3) is 4.06. The van der Waals surface area contributed by atoms with Crippen molar-refractivity contribution < 1.29 is 4.74 Å². The van der Waals surface area contributed by atoms with E-state index < -0.39 is 0 Å². The lowest BCUT2D eigenvalue weighted by molar-refractivity contribution is 0.396. The van der Waals surface area contributed by atoms with E-state index >= 15 is 0 Å². The van der Waals surface area contributed by atoms with Crippen molar-refractivity contribution in [1.82, 2.24) is 24.1 Å². The molecule has 0 aliphatic carbocycles. The molecule has 6 nitrogen and oxygen atoms in total. The van der Waals surface area contributed by atoms with E-state index in [-0.39, 0.29) is 5.41 Å². The van der Waals surface area contributed by atoms with Crippen molar-refractivity contribution in [3.05, 3.63) is 77.8 Å². The molecule has 4 aromatic rings. The number of rotatable bonds is 4. The number of methoxy groups -OCH3 is 1. The summed E-state index contributed by atoms with van der Waals surface area (Å²) in [4.78, 5) is 14.2. The van der Waals surface area contributed by atoms with Crippen LogP contribution in [0.4, 0.5) is 0 Å². The van der Waals surface area contributed by atoms with Crippen LogP contribution in [-0.4, -0.2) is 31.2 Å². The van der Waals surface area contributed by atoms with Gasteiger partial charge in [0.1, 0.15) is 17.2 Å². The Morgan fingerprint density at radius 3 is 2.42 bits per heavy atom. The molecule has 0 fully saturated rings. The number of imidazole rings is 2. The zero-order valence-corrected chi connectivity index (χ0v) is 20.0. The zero-order chi connectivity index (χ0) is 23.2. The second-order valence-electron chi connectivity index (χ2n) is 9.89. The highest BCUT2D eigenvalue weighted by Gasteiger charge is 2.26. The number of aromatic nitrogens is 5. The van der Waals surface area contributed by atoms with Crippen LogP contribution in [0, 0.1) is 6.92 Å². The highest BCUT2D eigenvalue weighted by Crippen LogP contribution is 2.36. The first kappa shape index (κ1) is 21.4. The minimum absolute atomic E-state index is 0.156. The second-order valence-corrected chi connectivity index (χ2v) is 9.89. The zero-order valence-electron chi connectivity index (χ0n) is 20.0. The van der Waals surface area contributed by atoms with Gasteiger partial charge in [0.25, 0.3) is 0 Å². The SMILES string of the molecule is COc1nc(-c2cn3c(n2)[C@H](c2ccc(C(C)(C)C)cc2)CCC3)ccc1-n1cnc(C)c1. The number of benzene rings is 1. The van der Waals surface area contributed by atoms with Crippen LogP contribution in [0.25, 0.3) is 17.1 Å². The third-order valence-electron chi connectivity index (χ3n) is 6.48. The summed E-state index contributed by atoms with van der Waals surface area (Å²) in [5.74, 6) is 1.98. The molecule has 1 aliphatic rings. The topological polar surface area (TPSA) is 57.8 Å². The molecule has 1 aromatic carbocycles. The van der Waals surface area contributed by atoms with Crippen LogP contribution >= 0.6 is 0 Å². The van der Waals surface area contributed by atoms with E-state index in [1.807, 2.05) is 29.8 Å². The molecule has 33 heavy (non-hydrogen) atoms. The number of fused-ring (bicyclic) bond motifs is 1. The fraction of sp³-hybridized carbons (Fsp3) is 0.370. The van der Waals surface area contributed by atoms with E-state index in [2.05, 4.69) is 60.8 Å². The number of pyridine rings is 1. The number of hydrogen-bond donors (Lipinski definition) is 0. The monoisotopic (exact) mass is 441 g/mol. The van der Waals surface area contributed by atoms with Crippen molar-refractivity contribution in [3.8, 4) is 23.0 Å². The van der Waals surface area contributed by atoms with E-state index in [1.165, 1.54) is 11.1 Å². The molecule has 3 aromatic heterocycles. The third-order valence-corrected chi connectivity index (χ3v) is 6.48. The van der Waals surface area contributed by atoms with Crippen LogP contribution in [0.5, 0.6) is 5.88 Å². The van der Waals surface area contributed by atoms with E-state index in [4.69, 9.17) is 14.7 Å². The Hall–Kier alpha value is -3.41. The summed E-state index contributed by atoms with van der Waals surface area (Å²) in [5, 5.41) is 0. The predicted octanol–water partition coefficient (Wildman–Crippen LogP) is 5.67. The van der Waals surface area contributed by atoms with Gasteiger partial charge >= 0.3 is 0 Å². The van der Waals surface area contributed by atoms with Crippen LogP contribution < -0.4 is 4.74 Å². The summed E-state index contributed by atoms with van der Waals surface area (Å²) < 4.78 is 9.83. The fourth-order valence-corrected chi connectivity index (χ4v) is 4.61. The lowest BCUT2D eigenvalue weighted by Gasteiger charge is -2.25. The molecular formula is C27H31N5O. The Balaban J connectivity index is 1.48. The van der Waals surface area contributed by atoms with Gasteiger partial charge in [-0.05, 0) is 48.4 Å². The maximum Gasteiger partial charge on any atom is 0.238 e. The normalized spacial score (nSPS) is 16.0. The molecule has 0 bridgehead atoms. The van der Waals surface area contributed by atoms with Gasteiger partial charge in [-0.2, -0.15) is 0 Å². The number of aryl methyl sites for hydroxylation is 2. The van der Waals surface area contributed by atoms with E-state index in [0.717, 1.165) is 48.0 Å². The van der Waals surface area contributed by atoms with Crippen LogP contribution in [0.15, 0.2) is 55.1 Å². The molecule has 0 spiro atoms. The van der Waals surface area contributed by atoms with E-state index in [0.29, 0.717) is 11.8 Å². The summed E-state index contributed by atoms with van der Waals surface area (Å²) in [6, 6.07) is 13.1. The summed E-state index contributed by atoms with van der Waals surface area (Å²) in [6.45, 7) is 9.71. The van der Waals surface area contributed by atoms with Crippen molar-refractivity contribution >= 4 is 0 Å². The summed E-state index contributed by atoms with van der Waals surface area (Å²) in [5.41, 5.74) is 6.36. The highest BCUT2D eigenvalue weighted by molar-refractivity contribution is 5.59. The lowest BCUT2D eigenvalue weighted by Crippen LogP contribution is -2.17. The van der Waals surface area contributed by atoms with Crippen molar-refractivity contribution in [2.75, 3.05) is 7.11 Å². The van der Waals surface area contributed by atoms with Crippen molar-refractivity contribution in [2.24, 2.45) is 0 Å². The molecule has 0 N–H and O–H groups in total. The van der Waals surface area contributed by atoms with Gasteiger partial charge in [-0.1, -0.05) is 45.0 Å². The summed E-state index contributed by atoms with van der Waals surface area (Å²) in [7, 11) is 1.65. The Morgan fingerprint density at radius 2 is 1.76 bits per heavy atom. The molecule has 0 saturated carbocycles. The smallest absolute Gasteiger partial charge is 0.238 e. The molecule has 0 unspecified atom stereocenters. The molecule has 5 rings (SSSR count). The van der Waals surface area contributed by atoms with E-state index in [1.54, 1.807) is 13.4 Å². The van der Waals surface area contributed by atoms with Gasteiger partial charge < -0.3 is 13.9 Å². The minimum Gasteiger partial charge on any atom is -0.479 e. The van der Waals surface area contributed by atoms with Gasteiger partial charge in [-0.15, -0.1) is 0 Å². The van der Waals surface area contributed by atoms with Crippen LogP contribution in [0.1, 0.15) is 62.2 Å². The largest absolute Gasteiger partial charge is 0.479 e. The first-order valence-corrected chi connectivity index (χ1v) is 11.6. The van der Waals surface area contributed by atoms with Crippen molar-refractivity contribution in [1.29, 1.82) is 0 Å². The fourth-order valence-electron chi connectivity index (χ4n) is 4.61. The molecule has 1 atom stereocenters. The van der Waals surface area contributed by atoms with Crippen LogP contribution in [0.3, 0.4) is 0 Å². The average Bonchev–Trinajstić information content (AvgIpc) is 3.44. The Kier molecular flexibility index (Phi) is 5.31. The maximum absolute atomic E-state index is 5.61. The molecule has 0 radical (unpaired) electrons. The van der Waals surface area contributed by atoms with Gasteiger partial charge in [0, 0.05) is 24.9 Å². The van der Waals surface area contributed by atoms with Crippen LogP contribution in [-0.2, 0) is 12.0 Å². The Bertz CT molecular complexity index is 1280. The van der Waals surface area contributed by atoms with Crippen molar-refractivity contribution in [3.63, 3.8) is 0 Å². The lowest BCUT2D eigenvalue weighted by atomic mass is 9.84. The second kappa shape index (κ2) is 8.18. The standard InChI is InChI=1S/C27H31N5O/c1-18-15-32(17-28-18)24-13-12-22(30-26(24)33-5)23-16-31-14-6-7-21(25(31)29-23)19-8-10-20(11-9-19)27(2,3)4/h8-13,15-17,21H,6-7,14H2,1-5H3/t21-/m0/s1. The first-order valence-electron chi connectivity index (χ1n) is 11.6. The number of ether oxygens (including phenoxy) is 1. The molecule has 170 valence electrons. The quantitative estimate of drug-likeness (QED) is 0.409. The summed E-state index contributed by atoms with van der Waals surface area (Å²) in [6.07, 6.45) is 8.13. The van der Waals surface area contributed by atoms with Gasteiger partial charge in [0.15, 0.2) is 0 Å². The highest BCUT2D eigenvalue weighted by atomic mass is 16.5. The summed E-state index contributed by atoms with van der Waals surface area (Å²) >= 11 is 0. The molecule has 1 aliphatic heterocycles. The van der Waals surface area contributed by atoms with Crippen molar-refractivity contribution in [2.45, 2.75) is 58.4 Å². The predicted molar refractivity (Wildman–Crippen MR) is 130 cm³/mol. The first-order chi connectivity index (χ1) is 15.8. The molecule has 4 heterocycles. The molecular weight excluding hydrogens is 410 g/mol. The molecule has 6 heteroatoms. The van der Waals surface area contributed by atoms with Gasteiger partial charge in [0.2, 0.25) is 5.88 Å². The number of nitrogens with zero attached hydrogens (tertiary/aromatic N) is 5. The Morgan fingerprint density at radius 1 is 0.970 bits per heavy atom. The van der Waals surface area contributed by atoms with Gasteiger partial charge in [-0.25, -0.2) is 15.0 Å². The van der Waals surface area contributed by atoms with Gasteiger partial charge in [0.05, 0.1) is 24.8 Å². The average molecular weight is 442 g/mol. The molecule has 0 saturated heterocycles. The van der Waals surface area contributed by atoms with Crippen LogP contribution in [0.2, 0.25) is 0 Å². The number of hydrogen-bond acceptors (Lipinski definition) is 4. The maximum atomic E-state index is 5.61. The van der Waals surface area contributed by atoms with E-state index in [9.17, 15) is 0 Å². The molecule has 0 amide bonds.